The minimum atomic E-state index is -4.07. The molecule has 1 atom stereocenters. The van der Waals surface area contributed by atoms with Crippen LogP contribution < -0.4 is 14.4 Å². The number of nitrogens with one attached hydrogen (secondary N) is 1. The molecule has 2 heterocycles. The summed E-state index contributed by atoms with van der Waals surface area (Å²) < 4.78 is 34.9. The summed E-state index contributed by atoms with van der Waals surface area (Å²) in [6.45, 7) is 4.30. The molecule has 0 radical (unpaired) electrons. The van der Waals surface area contributed by atoms with Crippen LogP contribution in [0.2, 0.25) is 5.02 Å². The standard InChI is InChI=1S/C24H22ClN3O5S/c1-23(2)18-6-4-5-7-20(18)27(3)24(23)14-15-12-16(8-11-22(15)33-24)26-34(31,32)17-9-10-19(25)21(13-17)28(29)30/h4-13,26H,14H2,1-3H3. The van der Waals surface area contributed by atoms with Gasteiger partial charge in [0.15, 0.2) is 5.72 Å². The van der Waals surface area contributed by atoms with Gasteiger partial charge in [0.2, 0.25) is 0 Å². The summed E-state index contributed by atoms with van der Waals surface area (Å²) in [5.74, 6) is 0.692. The number of nitro groups is 1. The topological polar surface area (TPSA) is 102 Å². The second-order valence-corrected chi connectivity index (χ2v) is 11.2. The fraction of sp³-hybridized carbons (Fsp3) is 0.250. The zero-order valence-electron chi connectivity index (χ0n) is 18.7. The summed E-state index contributed by atoms with van der Waals surface area (Å²) >= 11 is 5.82. The first-order chi connectivity index (χ1) is 16.0. The molecule has 0 bridgehead atoms. The van der Waals surface area contributed by atoms with Crippen LogP contribution >= 0.6 is 11.6 Å². The van der Waals surface area contributed by atoms with Gasteiger partial charge >= 0.3 is 0 Å². The quantitative estimate of drug-likeness (QED) is 0.395. The lowest BCUT2D eigenvalue weighted by Gasteiger charge is -2.42. The number of sulfonamides is 1. The van der Waals surface area contributed by atoms with Gasteiger partial charge < -0.3 is 9.64 Å². The SMILES string of the molecule is CN1c2ccccc2C(C)(C)C12Cc1cc(NS(=O)(=O)c3ccc(Cl)c([N+](=O)[O-])c3)ccc1O2. The van der Waals surface area contributed by atoms with Gasteiger partial charge in [-0.05, 0) is 55.8 Å². The van der Waals surface area contributed by atoms with E-state index in [0.29, 0.717) is 17.9 Å². The third kappa shape index (κ3) is 3.14. The first kappa shape index (κ1) is 22.5. The molecule has 5 rings (SSSR count). The zero-order valence-corrected chi connectivity index (χ0v) is 20.3. The van der Waals surface area contributed by atoms with E-state index in [4.69, 9.17) is 16.3 Å². The number of para-hydroxylation sites is 1. The molecule has 3 aromatic carbocycles. The molecular formula is C24H22ClN3O5S. The molecule has 8 nitrogen and oxygen atoms in total. The number of hydrogen-bond donors (Lipinski definition) is 1. The molecule has 0 amide bonds. The molecule has 3 aromatic rings. The number of benzene rings is 3. The second kappa shape index (κ2) is 7.35. The Bertz CT molecular complexity index is 1460. The van der Waals surface area contributed by atoms with Crippen molar-refractivity contribution < 1.29 is 18.1 Å². The Balaban J connectivity index is 1.46. The Hall–Kier alpha value is -3.30. The number of fused-ring (bicyclic) bond motifs is 2. The van der Waals surface area contributed by atoms with Gasteiger partial charge in [-0.25, -0.2) is 8.42 Å². The summed E-state index contributed by atoms with van der Waals surface area (Å²) in [5, 5.41) is 11.0. The summed E-state index contributed by atoms with van der Waals surface area (Å²) in [4.78, 5) is 12.3. The first-order valence-corrected chi connectivity index (χ1v) is 12.4. The molecule has 1 N–H and O–H groups in total. The predicted molar refractivity (Wildman–Crippen MR) is 130 cm³/mol. The highest BCUT2D eigenvalue weighted by Gasteiger charge is 2.60. The monoisotopic (exact) mass is 499 g/mol. The van der Waals surface area contributed by atoms with Crippen LogP contribution in [0.5, 0.6) is 5.75 Å². The number of nitro benzene ring substituents is 1. The lowest BCUT2D eigenvalue weighted by Crippen LogP contribution is -2.58. The van der Waals surface area contributed by atoms with E-state index in [2.05, 4.69) is 35.6 Å². The van der Waals surface area contributed by atoms with Gasteiger partial charge in [-0.15, -0.1) is 0 Å². The normalized spacial score (nSPS) is 20.1. The minimum Gasteiger partial charge on any atom is -0.466 e. The van der Waals surface area contributed by atoms with Crippen LogP contribution in [0, 0.1) is 10.1 Å². The fourth-order valence-corrected chi connectivity index (χ4v) is 6.28. The number of likely N-dealkylation sites (N-methyl/N-ethyl adjacent to an activating group) is 1. The highest BCUT2D eigenvalue weighted by molar-refractivity contribution is 7.92. The predicted octanol–water partition coefficient (Wildman–Crippen LogP) is 5.11. The van der Waals surface area contributed by atoms with Gasteiger partial charge in [0, 0.05) is 36.5 Å². The Kier molecular flexibility index (Phi) is 4.86. The molecule has 1 unspecified atom stereocenters. The maximum atomic E-state index is 12.9. The van der Waals surface area contributed by atoms with E-state index in [1.54, 1.807) is 18.2 Å². The Morgan fingerprint density at radius 2 is 1.85 bits per heavy atom. The molecule has 0 aromatic heterocycles. The van der Waals surface area contributed by atoms with Crippen LogP contribution in [0.25, 0.3) is 0 Å². The van der Waals surface area contributed by atoms with Crippen molar-refractivity contribution in [1.82, 2.24) is 0 Å². The number of nitrogens with zero attached hydrogens (tertiary/aromatic N) is 2. The highest BCUT2D eigenvalue weighted by Crippen LogP contribution is 2.56. The van der Waals surface area contributed by atoms with E-state index in [1.807, 2.05) is 19.2 Å². The van der Waals surface area contributed by atoms with Crippen molar-refractivity contribution in [2.24, 2.45) is 0 Å². The molecular weight excluding hydrogens is 478 g/mol. The number of ether oxygens (including phenoxy) is 1. The molecule has 10 heteroatoms. The van der Waals surface area contributed by atoms with Gasteiger partial charge in [-0.1, -0.05) is 29.8 Å². The van der Waals surface area contributed by atoms with Gasteiger partial charge in [0.1, 0.15) is 10.8 Å². The van der Waals surface area contributed by atoms with E-state index in [-0.39, 0.29) is 15.3 Å². The third-order valence-corrected chi connectivity index (χ3v) is 8.60. The molecule has 2 aliphatic heterocycles. The van der Waals surface area contributed by atoms with Crippen LogP contribution in [0.15, 0.2) is 65.6 Å². The van der Waals surface area contributed by atoms with Crippen LogP contribution in [-0.4, -0.2) is 26.1 Å². The van der Waals surface area contributed by atoms with E-state index >= 15 is 0 Å². The number of rotatable bonds is 4. The molecule has 176 valence electrons. The molecule has 34 heavy (non-hydrogen) atoms. The third-order valence-electron chi connectivity index (χ3n) is 6.90. The van der Waals surface area contributed by atoms with Gasteiger partial charge in [0.25, 0.3) is 15.7 Å². The summed E-state index contributed by atoms with van der Waals surface area (Å²) in [6.07, 6.45) is 0.558. The van der Waals surface area contributed by atoms with E-state index in [9.17, 15) is 18.5 Å². The zero-order chi connectivity index (χ0) is 24.5. The van der Waals surface area contributed by atoms with Crippen molar-refractivity contribution in [2.75, 3.05) is 16.7 Å². The number of halogens is 1. The number of hydrogen-bond acceptors (Lipinski definition) is 6. The fourth-order valence-electron chi connectivity index (χ4n) is 5.02. The molecule has 0 saturated carbocycles. The van der Waals surface area contributed by atoms with Crippen molar-refractivity contribution in [3.8, 4) is 5.75 Å². The van der Waals surface area contributed by atoms with Crippen LogP contribution in [0.3, 0.4) is 0 Å². The smallest absolute Gasteiger partial charge is 0.289 e. The second-order valence-electron chi connectivity index (χ2n) is 9.06. The van der Waals surface area contributed by atoms with E-state index in [0.717, 1.165) is 17.3 Å². The van der Waals surface area contributed by atoms with Crippen molar-refractivity contribution in [3.63, 3.8) is 0 Å². The van der Waals surface area contributed by atoms with Crippen molar-refractivity contribution >= 4 is 38.7 Å². The average molecular weight is 500 g/mol. The number of anilines is 2. The summed E-state index contributed by atoms with van der Waals surface area (Å²) in [5.41, 5.74) is 2.07. The summed E-state index contributed by atoms with van der Waals surface area (Å²) in [6, 6.07) is 16.7. The van der Waals surface area contributed by atoms with E-state index in [1.165, 1.54) is 17.7 Å². The maximum Gasteiger partial charge on any atom is 0.289 e. The van der Waals surface area contributed by atoms with Crippen LogP contribution in [0.4, 0.5) is 17.1 Å². The van der Waals surface area contributed by atoms with Crippen LogP contribution in [0.1, 0.15) is 25.0 Å². The molecule has 0 saturated heterocycles. The molecule has 2 aliphatic rings. The average Bonchev–Trinajstić information content (AvgIpc) is 3.25. The Morgan fingerprint density at radius 3 is 2.56 bits per heavy atom. The lowest BCUT2D eigenvalue weighted by molar-refractivity contribution is -0.384. The first-order valence-electron chi connectivity index (χ1n) is 10.6. The highest BCUT2D eigenvalue weighted by atomic mass is 35.5. The molecule has 0 aliphatic carbocycles. The minimum absolute atomic E-state index is 0.131. The van der Waals surface area contributed by atoms with Gasteiger partial charge in [-0.3, -0.25) is 14.8 Å². The summed E-state index contributed by atoms with van der Waals surface area (Å²) in [7, 11) is -2.06. The van der Waals surface area contributed by atoms with Crippen molar-refractivity contribution in [1.29, 1.82) is 0 Å². The van der Waals surface area contributed by atoms with Gasteiger partial charge in [-0.2, -0.15) is 0 Å². The largest absolute Gasteiger partial charge is 0.466 e. The Morgan fingerprint density at radius 1 is 1.12 bits per heavy atom. The molecule has 1 spiro atoms. The maximum absolute atomic E-state index is 12.9. The Labute approximate surface area is 202 Å². The van der Waals surface area contributed by atoms with Gasteiger partial charge in [0.05, 0.1) is 15.2 Å². The van der Waals surface area contributed by atoms with Crippen molar-refractivity contribution in [2.45, 2.75) is 36.3 Å². The van der Waals surface area contributed by atoms with Crippen LogP contribution in [-0.2, 0) is 21.9 Å². The van der Waals surface area contributed by atoms with Crippen molar-refractivity contribution in [3.05, 3.63) is 86.9 Å². The lowest BCUT2D eigenvalue weighted by atomic mass is 9.76. The molecule has 0 fully saturated rings. The van der Waals surface area contributed by atoms with E-state index < -0.39 is 26.4 Å².